The van der Waals surface area contributed by atoms with Gasteiger partial charge >= 0.3 is 7.60 Å². The van der Waals surface area contributed by atoms with Crippen LogP contribution in [0.3, 0.4) is 0 Å². The molecule has 0 amide bonds. The minimum atomic E-state index is -3.22. The summed E-state index contributed by atoms with van der Waals surface area (Å²) < 4.78 is 21.5. The zero-order chi connectivity index (χ0) is 17.4. The number of Topliss-reactive ketones (excluding diaryl/α,β-unsaturated/α-hetero) is 1. The molecule has 0 N–H and O–H groups in total. The first-order valence-electron chi connectivity index (χ1n) is 8.76. The fraction of sp³-hybridized carbons (Fsp3) is 0.667. The highest BCUT2D eigenvalue weighted by atomic mass is 31.2. The Labute approximate surface area is 144 Å². The molecule has 0 bridgehead atoms. The lowest BCUT2D eigenvalue weighted by Gasteiger charge is -2.12. The van der Waals surface area contributed by atoms with Crippen molar-refractivity contribution in [3.05, 3.63) is 29.1 Å². The van der Waals surface area contributed by atoms with Crippen molar-refractivity contribution < 1.29 is 18.4 Å². The lowest BCUT2D eigenvalue weighted by Crippen LogP contribution is -2.08. The van der Waals surface area contributed by atoms with Gasteiger partial charge in [0.05, 0.1) is 0 Å². The van der Waals surface area contributed by atoms with Gasteiger partial charge in [0.25, 0.3) is 0 Å². The van der Waals surface area contributed by atoms with E-state index in [2.05, 4.69) is 12.1 Å². The van der Waals surface area contributed by atoms with Crippen LogP contribution in [0.15, 0.2) is 12.1 Å². The van der Waals surface area contributed by atoms with Crippen molar-refractivity contribution >= 4 is 13.4 Å². The molecule has 0 saturated carbocycles. The summed E-state index contributed by atoms with van der Waals surface area (Å²) in [7, 11) is -0.609. The molecular weight excluding hydrogens is 325 g/mol. The molecule has 1 heterocycles. The lowest BCUT2D eigenvalue weighted by molar-refractivity contribution is -0.117. The Kier molecular flexibility index (Phi) is 7.60. The van der Waals surface area contributed by atoms with E-state index < -0.39 is 7.60 Å². The van der Waals surface area contributed by atoms with Crippen LogP contribution in [0.1, 0.15) is 55.5 Å². The highest BCUT2D eigenvalue weighted by Crippen LogP contribution is 2.46. The number of aryl methyl sites for hydroxylation is 3. The Morgan fingerprint density at radius 1 is 1.12 bits per heavy atom. The van der Waals surface area contributed by atoms with Crippen LogP contribution < -0.4 is 0 Å². The molecule has 1 aliphatic rings. The molecular formula is C18H28NO4P. The van der Waals surface area contributed by atoms with E-state index in [1.807, 2.05) is 0 Å². The van der Waals surface area contributed by atoms with E-state index in [1.165, 1.54) is 44.7 Å². The van der Waals surface area contributed by atoms with Crippen LogP contribution in [0.2, 0.25) is 0 Å². The number of nitrogens with zero attached hydrogens (tertiary/aromatic N) is 1. The van der Waals surface area contributed by atoms with E-state index in [1.54, 1.807) is 0 Å². The zero-order valence-corrected chi connectivity index (χ0v) is 15.6. The van der Waals surface area contributed by atoms with Crippen molar-refractivity contribution in [2.45, 2.75) is 57.8 Å². The third-order valence-corrected chi connectivity index (χ3v) is 6.40. The second kappa shape index (κ2) is 9.45. The van der Waals surface area contributed by atoms with Gasteiger partial charge in [0.2, 0.25) is 0 Å². The average Bonchev–Trinajstić information content (AvgIpc) is 2.83. The number of carbonyl (C=O) groups excluding carboxylic acids is 1. The first-order chi connectivity index (χ1) is 11.6. The van der Waals surface area contributed by atoms with Crippen LogP contribution in [0.4, 0.5) is 0 Å². The largest absolute Gasteiger partial charge is 0.337 e. The number of unbranched alkanes of at least 4 members (excludes halogenated alkanes) is 1. The predicted octanol–water partition coefficient (Wildman–Crippen LogP) is 4.12. The van der Waals surface area contributed by atoms with Gasteiger partial charge in [0.1, 0.15) is 11.9 Å². The number of hydrogen-bond acceptors (Lipinski definition) is 5. The maximum Gasteiger partial charge on any atom is 0.337 e. The number of rotatable bonds is 9. The second-order valence-electron chi connectivity index (χ2n) is 6.35. The van der Waals surface area contributed by atoms with Crippen molar-refractivity contribution in [2.75, 3.05) is 20.4 Å². The normalized spacial score (nSPS) is 14.9. The molecule has 0 fully saturated rings. The maximum atomic E-state index is 11.9. The Morgan fingerprint density at radius 3 is 2.62 bits per heavy atom. The number of fused-ring (bicyclic) bond motifs is 1. The quantitative estimate of drug-likeness (QED) is 0.380. The SMILES string of the molecule is COP(=O)(CC(=O)CCCCc1ccc2c(n1)CCCCC2)OC. The monoisotopic (exact) mass is 353 g/mol. The molecule has 0 spiro atoms. The van der Waals surface area contributed by atoms with E-state index >= 15 is 0 Å². The van der Waals surface area contributed by atoms with Gasteiger partial charge in [-0.05, 0) is 56.6 Å². The van der Waals surface area contributed by atoms with Crippen molar-refractivity contribution in [1.82, 2.24) is 4.98 Å². The first-order valence-corrected chi connectivity index (χ1v) is 10.5. The maximum absolute atomic E-state index is 11.9. The van der Waals surface area contributed by atoms with E-state index in [4.69, 9.17) is 14.0 Å². The summed E-state index contributed by atoms with van der Waals surface area (Å²) in [6.45, 7) is 0. The van der Waals surface area contributed by atoms with Gasteiger partial charge in [-0.3, -0.25) is 14.3 Å². The van der Waals surface area contributed by atoms with Gasteiger partial charge in [-0.2, -0.15) is 0 Å². The van der Waals surface area contributed by atoms with Crippen LogP contribution in [-0.2, 0) is 37.7 Å². The molecule has 134 valence electrons. The molecule has 0 unspecified atom stereocenters. The van der Waals surface area contributed by atoms with Gasteiger partial charge in [0, 0.05) is 32.0 Å². The van der Waals surface area contributed by atoms with Crippen LogP contribution >= 0.6 is 7.60 Å². The Balaban J connectivity index is 1.75. The number of pyridine rings is 1. The van der Waals surface area contributed by atoms with Gasteiger partial charge in [0.15, 0.2) is 0 Å². The van der Waals surface area contributed by atoms with E-state index in [0.29, 0.717) is 6.42 Å². The summed E-state index contributed by atoms with van der Waals surface area (Å²) in [5, 5.41) is 0. The molecule has 0 aliphatic heterocycles. The summed E-state index contributed by atoms with van der Waals surface area (Å²) >= 11 is 0. The van der Waals surface area contributed by atoms with Gasteiger partial charge in [-0.25, -0.2) is 0 Å². The molecule has 0 atom stereocenters. The number of aromatic nitrogens is 1. The molecule has 24 heavy (non-hydrogen) atoms. The van der Waals surface area contributed by atoms with Gasteiger partial charge in [-0.15, -0.1) is 0 Å². The smallest absolute Gasteiger partial charge is 0.312 e. The van der Waals surface area contributed by atoms with Crippen molar-refractivity contribution in [3.8, 4) is 0 Å². The minimum absolute atomic E-state index is 0.0723. The summed E-state index contributed by atoms with van der Waals surface area (Å²) in [6.07, 6.45) is 8.85. The molecule has 0 aromatic carbocycles. The van der Waals surface area contributed by atoms with Crippen molar-refractivity contribution in [2.24, 2.45) is 0 Å². The number of ketones is 1. The average molecular weight is 353 g/mol. The second-order valence-corrected chi connectivity index (χ2v) is 8.62. The standard InChI is InChI=1S/C18H28NO4P/c1-22-24(21,23-2)14-17(20)10-7-6-9-16-13-12-15-8-4-3-5-11-18(15)19-16/h12-13H,3-11,14H2,1-2H3. The Bertz CT molecular complexity index is 595. The third-order valence-electron chi connectivity index (χ3n) is 4.55. The van der Waals surface area contributed by atoms with E-state index in [9.17, 15) is 9.36 Å². The zero-order valence-electron chi connectivity index (χ0n) is 14.8. The van der Waals surface area contributed by atoms with Gasteiger partial charge in [-0.1, -0.05) is 12.5 Å². The molecule has 6 heteroatoms. The van der Waals surface area contributed by atoms with Crippen molar-refractivity contribution in [3.63, 3.8) is 0 Å². The van der Waals surface area contributed by atoms with Crippen LogP contribution in [0.25, 0.3) is 0 Å². The third kappa shape index (κ3) is 5.80. The molecule has 2 rings (SSSR count). The highest BCUT2D eigenvalue weighted by Gasteiger charge is 2.24. The summed E-state index contributed by atoms with van der Waals surface area (Å²) in [6, 6.07) is 4.34. The Hall–Kier alpha value is -1.03. The van der Waals surface area contributed by atoms with Crippen molar-refractivity contribution in [1.29, 1.82) is 0 Å². The summed E-state index contributed by atoms with van der Waals surface area (Å²) in [5.41, 5.74) is 3.78. The number of hydrogen-bond donors (Lipinski definition) is 0. The first kappa shape index (κ1) is 19.3. The van der Waals surface area contributed by atoms with E-state index in [0.717, 1.165) is 37.8 Å². The fourth-order valence-corrected chi connectivity index (χ4v) is 4.07. The van der Waals surface area contributed by atoms with Crippen LogP contribution in [0.5, 0.6) is 0 Å². The minimum Gasteiger partial charge on any atom is -0.312 e. The van der Waals surface area contributed by atoms with Gasteiger partial charge < -0.3 is 9.05 Å². The highest BCUT2D eigenvalue weighted by molar-refractivity contribution is 7.54. The fourth-order valence-electron chi connectivity index (χ4n) is 3.07. The summed E-state index contributed by atoms with van der Waals surface area (Å²) in [4.78, 5) is 16.7. The summed E-state index contributed by atoms with van der Waals surface area (Å²) in [5.74, 6) is -0.0723. The molecule has 1 aromatic heterocycles. The number of carbonyl (C=O) groups is 1. The molecule has 0 saturated heterocycles. The predicted molar refractivity (Wildman–Crippen MR) is 94.5 cm³/mol. The van der Waals surface area contributed by atoms with Crippen LogP contribution in [-0.4, -0.2) is 31.1 Å². The lowest BCUT2D eigenvalue weighted by atomic mass is 10.1. The van der Waals surface area contributed by atoms with Crippen LogP contribution in [0, 0.1) is 0 Å². The van der Waals surface area contributed by atoms with E-state index in [-0.39, 0.29) is 11.9 Å². The Morgan fingerprint density at radius 2 is 1.88 bits per heavy atom. The molecule has 1 aromatic rings. The molecule has 1 aliphatic carbocycles. The molecule has 0 radical (unpaired) electrons. The molecule has 5 nitrogen and oxygen atoms in total. The topological polar surface area (TPSA) is 65.5 Å².